The van der Waals surface area contributed by atoms with Gasteiger partial charge in [0.1, 0.15) is 5.60 Å². The van der Waals surface area contributed by atoms with Crippen molar-refractivity contribution in [3.63, 3.8) is 0 Å². The van der Waals surface area contributed by atoms with E-state index in [0.717, 1.165) is 9.54 Å². The lowest BCUT2D eigenvalue weighted by molar-refractivity contribution is -0.111. The van der Waals surface area contributed by atoms with Crippen molar-refractivity contribution in [2.24, 2.45) is 0 Å². The first-order valence-electron chi connectivity index (χ1n) is 10.5. The second-order valence-electron chi connectivity index (χ2n) is 8.59. The highest BCUT2D eigenvalue weighted by Gasteiger charge is 2.18. The third-order valence-corrected chi connectivity index (χ3v) is 6.18. The van der Waals surface area contributed by atoms with E-state index >= 15 is 0 Å². The number of para-hydroxylation sites is 2. The van der Waals surface area contributed by atoms with Gasteiger partial charge in [0.25, 0.3) is 10.0 Å². The van der Waals surface area contributed by atoms with Gasteiger partial charge >= 0.3 is 6.09 Å². The summed E-state index contributed by atoms with van der Waals surface area (Å²) in [7, 11) is -3.72. The van der Waals surface area contributed by atoms with Crippen LogP contribution in [0.1, 0.15) is 31.9 Å². The van der Waals surface area contributed by atoms with E-state index in [-0.39, 0.29) is 4.90 Å². The number of rotatable bonds is 6. The highest BCUT2D eigenvalue weighted by atomic mass is 32.2. The number of hydrogen-bond acceptors (Lipinski definition) is 5. The first-order chi connectivity index (χ1) is 15.9. The average molecular weight is 482 g/mol. The van der Waals surface area contributed by atoms with Crippen LogP contribution in [0.3, 0.4) is 0 Å². The molecular weight excluding hydrogens is 454 g/mol. The van der Waals surface area contributed by atoms with Crippen molar-refractivity contribution in [2.75, 3.05) is 10.6 Å². The van der Waals surface area contributed by atoms with Gasteiger partial charge in [0.05, 0.1) is 16.3 Å². The molecular formula is C25H27N3O5S. The molecule has 0 bridgehead atoms. The van der Waals surface area contributed by atoms with E-state index in [9.17, 15) is 18.0 Å². The van der Waals surface area contributed by atoms with Gasteiger partial charge in [-0.2, -0.15) is 0 Å². The summed E-state index contributed by atoms with van der Waals surface area (Å²) in [6.07, 6.45) is 4.99. The molecule has 3 rings (SSSR count). The third-order valence-electron chi connectivity index (χ3n) is 4.53. The molecule has 2 aromatic carbocycles. The lowest BCUT2D eigenvalue weighted by Crippen LogP contribution is -2.27. The van der Waals surface area contributed by atoms with Crippen molar-refractivity contribution < 1.29 is 22.7 Å². The lowest BCUT2D eigenvalue weighted by Gasteiger charge is -2.20. The van der Waals surface area contributed by atoms with Crippen molar-refractivity contribution >= 4 is 39.5 Å². The maximum Gasteiger partial charge on any atom is 0.412 e. The molecule has 8 nitrogen and oxygen atoms in total. The standard InChI is InChI=1S/C25H27N3O5S/c1-18-9-12-20(13-10-18)34(31,32)28-16-15-19(17-28)11-14-23(29)26-21-7-5-6-8-22(21)27-24(30)33-25(2,3)4/h5-17H,1-4H3,(H,26,29)(H,27,30). The van der Waals surface area contributed by atoms with Crippen LogP contribution in [-0.4, -0.2) is 30.0 Å². The number of aryl methyl sites for hydroxylation is 1. The number of carbonyl (C=O) groups is 2. The van der Waals surface area contributed by atoms with Crippen molar-refractivity contribution in [3.05, 3.63) is 84.2 Å². The minimum atomic E-state index is -3.72. The minimum absolute atomic E-state index is 0.177. The fraction of sp³-hybridized carbons (Fsp3) is 0.200. The zero-order chi connectivity index (χ0) is 24.9. The Morgan fingerprint density at radius 1 is 0.941 bits per heavy atom. The fourth-order valence-electron chi connectivity index (χ4n) is 2.93. The number of benzene rings is 2. The Morgan fingerprint density at radius 3 is 2.18 bits per heavy atom. The molecule has 1 aromatic heterocycles. The summed E-state index contributed by atoms with van der Waals surface area (Å²) in [5.74, 6) is -0.451. The predicted molar refractivity (Wildman–Crippen MR) is 132 cm³/mol. The number of nitrogens with one attached hydrogen (secondary N) is 2. The number of aromatic nitrogens is 1. The van der Waals surface area contributed by atoms with Gasteiger partial charge in [-0.3, -0.25) is 10.1 Å². The molecule has 0 aliphatic heterocycles. The molecule has 0 saturated carbocycles. The summed E-state index contributed by atoms with van der Waals surface area (Å²) in [5, 5.41) is 5.31. The highest BCUT2D eigenvalue weighted by molar-refractivity contribution is 7.90. The van der Waals surface area contributed by atoms with Gasteiger partial charge in [-0.15, -0.1) is 0 Å². The Labute approximate surface area is 199 Å². The van der Waals surface area contributed by atoms with Gasteiger partial charge in [0.15, 0.2) is 0 Å². The van der Waals surface area contributed by atoms with Crippen molar-refractivity contribution in [1.82, 2.24) is 3.97 Å². The van der Waals surface area contributed by atoms with Crippen LogP contribution in [0.25, 0.3) is 6.08 Å². The Kier molecular flexibility index (Phi) is 7.26. The molecule has 0 fully saturated rings. The molecule has 0 saturated heterocycles. The molecule has 0 atom stereocenters. The van der Waals surface area contributed by atoms with Gasteiger partial charge in [0, 0.05) is 18.5 Å². The van der Waals surface area contributed by atoms with Crippen LogP contribution in [0.2, 0.25) is 0 Å². The second kappa shape index (κ2) is 9.96. The van der Waals surface area contributed by atoms with E-state index in [4.69, 9.17) is 4.74 Å². The Bertz CT molecular complexity index is 1320. The van der Waals surface area contributed by atoms with Gasteiger partial charge in [-0.25, -0.2) is 17.2 Å². The Morgan fingerprint density at radius 2 is 1.56 bits per heavy atom. The first-order valence-corrected chi connectivity index (χ1v) is 12.0. The predicted octanol–water partition coefficient (Wildman–Crippen LogP) is 5.03. The van der Waals surface area contributed by atoms with Crippen molar-refractivity contribution in [1.29, 1.82) is 0 Å². The summed E-state index contributed by atoms with van der Waals surface area (Å²) in [5.41, 5.74) is 1.61. The minimum Gasteiger partial charge on any atom is -0.444 e. The van der Waals surface area contributed by atoms with E-state index in [1.807, 2.05) is 6.92 Å². The van der Waals surface area contributed by atoms with E-state index in [2.05, 4.69) is 10.6 Å². The zero-order valence-electron chi connectivity index (χ0n) is 19.4. The smallest absolute Gasteiger partial charge is 0.412 e. The molecule has 0 unspecified atom stereocenters. The van der Waals surface area contributed by atoms with Gasteiger partial charge < -0.3 is 10.1 Å². The number of ether oxygens (including phenoxy) is 1. The summed E-state index contributed by atoms with van der Waals surface area (Å²) in [4.78, 5) is 24.7. The largest absolute Gasteiger partial charge is 0.444 e. The Balaban J connectivity index is 1.68. The van der Waals surface area contributed by atoms with Crippen LogP contribution in [0.5, 0.6) is 0 Å². The van der Waals surface area contributed by atoms with Gasteiger partial charge in [-0.1, -0.05) is 29.8 Å². The molecule has 0 spiro atoms. The van der Waals surface area contributed by atoms with E-state index in [0.29, 0.717) is 16.9 Å². The van der Waals surface area contributed by atoms with Gasteiger partial charge in [0.2, 0.25) is 5.91 Å². The fourth-order valence-corrected chi connectivity index (χ4v) is 4.14. The molecule has 0 radical (unpaired) electrons. The number of carbonyl (C=O) groups excluding carboxylic acids is 2. The summed E-state index contributed by atoms with van der Waals surface area (Å²) >= 11 is 0. The number of hydrogen-bond donors (Lipinski definition) is 2. The van der Waals surface area contributed by atoms with Crippen LogP contribution < -0.4 is 10.6 Å². The first kappa shape index (κ1) is 24.8. The second-order valence-corrected chi connectivity index (χ2v) is 10.4. The molecule has 34 heavy (non-hydrogen) atoms. The highest BCUT2D eigenvalue weighted by Crippen LogP contribution is 2.22. The maximum atomic E-state index is 12.8. The Hall–Kier alpha value is -3.85. The number of amides is 2. The lowest BCUT2D eigenvalue weighted by atomic mass is 10.2. The summed E-state index contributed by atoms with van der Waals surface area (Å²) in [6.45, 7) is 7.14. The molecule has 9 heteroatoms. The van der Waals surface area contributed by atoms with Gasteiger partial charge in [-0.05, 0) is 69.7 Å². The third kappa shape index (κ3) is 6.58. The molecule has 2 amide bonds. The normalized spacial score (nSPS) is 11.9. The van der Waals surface area contributed by atoms with E-state index in [1.54, 1.807) is 75.4 Å². The van der Waals surface area contributed by atoms with E-state index < -0.39 is 27.6 Å². The van der Waals surface area contributed by atoms with E-state index in [1.165, 1.54) is 24.5 Å². The van der Waals surface area contributed by atoms with Crippen LogP contribution in [0, 0.1) is 6.92 Å². The monoisotopic (exact) mass is 481 g/mol. The van der Waals surface area contributed by atoms with Crippen molar-refractivity contribution in [3.8, 4) is 0 Å². The molecule has 0 aliphatic rings. The molecule has 3 aromatic rings. The average Bonchev–Trinajstić information content (AvgIpc) is 3.23. The zero-order valence-corrected chi connectivity index (χ0v) is 20.2. The van der Waals surface area contributed by atoms with Crippen LogP contribution in [-0.2, 0) is 19.6 Å². The number of nitrogens with zero attached hydrogens (tertiary/aromatic N) is 1. The molecule has 2 N–H and O–H groups in total. The summed E-state index contributed by atoms with van der Waals surface area (Å²) < 4.78 is 31.9. The van der Waals surface area contributed by atoms with Crippen LogP contribution in [0.15, 0.2) is 78.0 Å². The SMILES string of the molecule is Cc1ccc(S(=O)(=O)n2ccc(C=CC(=O)Nc3ccccc3NC(=O)OC(C)(C)C)c2)cc1. The summed E-state index contributed by atoms with van der Waals surface area (Å²) in [6, 6.07) is 14.9. The van der Waals surface area contributed by atoms with Crippen molar-refractivity contribution in [2.45, 2.75) is 38.2 Å². The number of anilines is 2. The maximum absolute atomic E-state index is 12.8. The topological polar surface area (TPSA) is 107 Å². The molecule has 1 heterocycles. The van der Waals surface area contributed by atoms with Crippen LogP contribution >= 0.6 is 0 Å². The molecule has 178 valence electrons. The molecule has 0 aliphatic carbocycles. The quantitative estimate of drug-likeness (QED) is 0.480. The van der Waals surface area contributed by atoms with Crippen LogP contribution in [0.4, 0.5) is 16.2 Å².